The molecule has 0 spiro atoms. The number of benzene rings is 2. The maximum Gasteiger partial charge on any atom is 0.132 e. The van der Waals surface area contributed by atoms with Gasteiger partial charge in [0, 0.05) is 19.2 Å². The Morgan fingerprint density at radius 1 is 0.808 bits per heavy atom. The van der Waals surface area contributed by atoms with Crippen LogP contribution in [0.2, 0.25) is 0 Å². The summed E-state index contributed by atoms with van der Waals surface area (Å²) in [6.07, 6.45) is 2.13. The average molecular weight is 346 g/mol. The SMILES string of the molecule is Cc1nc(NCCCc2ccccc2)cc(NCc2ccccc2C)n1. The van der Waals surface area contributed by atoms with Crippen molar-refractivity contribution in [1.82, 2.24) is 9.97 Å². The predicted molar refractivity (Wildman–Crippen MR) is 109 cm³/mol. The highest BCUT2D eigenvalue weighted by Crippen LogP contribution is 2.14. The first-order valence-electron chi connectivity index (χ1n) is 9.12. The third-order valence-electron chi connectivity index (χ3n) is 4.35. The molecule has 3 rings (SSSR count). The van der Waals surface area contributed by atoms with Gasteiger partial charge in [0.2, 0.25) is 0 Å². The largest absolute Gasteiger partial charge is 0.370 e. The van der Waals surface area contributed by atoms with Gasteiger partial charge < -0.3 is 10.6 Å². The number of hydrogen-bond donors (Lipinski definition) is 2. The summed E-state index contributed by atoms with van der Waals surface area (Å²) >= 11 is 0. The molecule has 0 atom stereocenters. The quantitative estimate of drug-likeness (QED) is 0.578. The highest BCUT2D eigenvalue weighted by Gasteiger charge is 2.03. The normalized spacial score (nSPS) is 10.5. The Kier molecular flexibility index (Phi) is 6.20. The smallest absolute Gasteiger partial charge is 0.132 e. The molecule has 2 aromatic carbocycles. The molecular formula is C22H26N4. The van der Waals surface area contributed by atoms with E-state index in [9.17, 15) is 0 Å². The lowest BCUT2D eigenvalue weighted by Crippen LogP contribution is -2.09. The van der Waals surface area contributed by atoms with E-state index in [1.807, 2.05) is 13.0 Å². The third-order valence-corrected chi connectivity index (χ3v) is 4.35. The number of rotatable bonds is 8. The van der Waals surface area contributed by atoms with Crippen LogP contribution in [0.4, 0.5) is 11.6 Å². The molecule has 0 fully saturated rings. The second kappa shape index (κ2) is 8.99. The molecule has 2 N–H and O–H groups in total. The number of aryl methyl sites for hydroxylation is 3. The van der Waals surface area contributed by atoms with Crippen LogP contribution in [-0.2, 0) is 13.0 Å². The second-order valence-electron chi connectivity index (χ2n) is 6.48. The van der Waals surface area contributed by atoms with E-state index >= 15 is 0 Å². The highest BCUT2D eigenvalue weighted by atomic mass is 15.1. The summed E-state index contributed by atoms with van der Waals surface area (Å²) < 4.78 is 0. The van der Waals surface area contributed by atoms with Crippen LogP contribution in [0.1, 0.15) is 28.9 Å². The van der Waals surface area contributed by atoms with Crippen LogP contribution in [0.5, 0.6) is 0 Å². The van der Waals surface area contributed by atoms with Gasteiger partial charge in [-0.1, -0.05) is 54.6 Å². The van der Waals surface area contributed by atoms with E-state index in [2.05, 4.69) is 82.1 Å². The monoisotopic (exact) mass is 346 g/mol. The molecule has 0 bridgehead atoms. The standard InChI is InChI=1S/C22H26N4/c1-17-9-6-7-13-20(17)16-24-22-15-21(25-18(2)26-22)23-14-8-12-19-10-4-3-5-11-19/h3-7,9-11,13,15H,8,12,14,16H2,1-2H3,(H2,23,24,25,26). The molecule has 26 heavy (non-hydrogen) atoms. The molecule has 0 amide bonds. The summed E-state index contributed by atoms with van der Waals surface area (Å²) in [5.74, 6) is 2.49. The number of anilines is 2. The molecule has 0 aliphatic heterocycles. The third kappa shape index (κ3) is 5.31. The van der Waals surface area contributed by atoms with E-state index in [0.717, 1.165) is 43.4 Å². The molecule has 0 radical (unpaired) electrons. The zero-order chi connectivity index (χ0) is 18.2. The maximum atomic E-state index is 4.49. The molecule has 0 aliphatic carbocycles. The lowest BCUT2D eigenvalue weighted by atomic mass is 10.1. The zero-order valence-corrected chi connectivity index (χ0v) is 15.5. The fourth-order valence-corrected chi connectivity index (χ4v) is 2.90. The Morgan fingerprint density at radius 3 is 2.27 bits per heavy atom. The number of nitrogens with zero attached hydrogens (tertiary/aromatic N) is 2. The minimum atomic E-state index is 0.760. The van der Waals surface area contributed by atoms with Crippen LogP contribution in [0.25, 0.3) is 0 Å². The van der Waals surface area contributed by atoms with E-state index < -0.39 is 0 Å². The van der Waals surface area contributed by atoms with E-state index in [1.54, 1.807) is 0 Å². The van der Waals surface area contributed by atoms with Crippen LogP contribution in [0.15, 0.2) is 60.7 Å². The number of aromatic nitrogens is 2. The van der Waals surface area contributed by atoms with Crippen molar-refractivity contribution >= 4 is 11.6 Å². The van der Waals surface area contributed by atoms with Crippen LogP contribution >= 0.6 is 0 Å². The van der Waals surface area contributed by atoms with Crippen LogP contribution in [0.3, 0.4) is 0 Å². The minimum absolute atomic E-state index is 0.760. The average Bonchev–Trinajstić information content (AvgIpc) is 2.65. The molecule has 4 nitrogen and oxygen atoms in total. The van der Waals surface area contributed by atoms with Crippen LogP contribution < -0.4 is 10.6 Å². The van der Waals surface area contributed by atoms with Gasteiger partial charge in [0.15, 0.2) is 0 Å². The Morgan fingerprint density at radius 2 is 1.50 bits per heavy atom. The molecular weight excluding hydrogens is 320 g/mol. The van der Waals surface area contributed by atoms with Gasteiger partial charge in [0.1, 0.15) is 17.5 Å². The fraction of sp³-hybridized carbons (Fsp3) is 0.273. The van der Waals surface area contributed by atoms with Gasteiger partial charge in [-0.2, -0.15) is 0 Å². The first-order valence-corrected chi connectivity index (χ1v) is 9.12. The molecule has 4 heteroatoms. The van der Waals surface area contributed by atoms with E-state index in [1.165, 1.54) is 16.7 Å². The summed E-state index contributed by atoms with van der Waals surface area (Å²) in [5.41, 5.74) is 3.93. The summed E-state index contributed by atoms with van der Waals surface area (Å²) in [6.45, 7) is 5.70. The summed E-state index contributed by atoms with van der Waals surface area (Å²) in [5, 5.41) is 6.82. The summed E-state index contributed by atoms with van der Waals surface area (Å²) in [7, 11) is 0. The van der Waals surface area contributed by atoms with Crippen molar-refractivity contribution in [1.29, 1.82) is 0 Å². The van der Waals surface area contributed by atoms with Crippen molar-refractivity contribution in [2.45, 2.75) is 33.2 Å². The molecule has 0 aliphatic rings. The topological polar surface area (TPSA) is 49.8 Å². The Bertz CT molecular complexity index is 831. The van der Waals surface area contributed by atoms with Crippen molar-refractivity contribution in [3.05, 3.63) is 83.2 Å². The first kappa shape index (κ1) is 17.9. The van der Waals surface area contributed by atoms with Crippen molar-refractivity contribution in [2.24, 2.45) is 0 Å². The lowest BCUT2D eigenvalue weighted by molar-refractivity contribution is 0.856. The highest BCUT2D eigenvalue weighted by molar-refractivity contribution is 5.48. The number of hydrogen-bond acceptors (Lipinski definition) is 4. The van der Waals surface area contributed by atoms with Crippen molar-refractivity contribution < 1.29 is 0 Å². The zero-order valence-electron chi connectivity index (χ0n) is 15.5. The predicted octanol–water partition coefficient (Wildman–Crippen LogP) is 4.75. The molecule has 3 aromatic rings. The maximum absolute atomic E-state index is 4.49. The Labute approximate surface area is 155 Å². The molecule has 1 aromatic heterocycles. The van der Waals surface area contributed by atoms with Crippen molar-refractivity contribution in [2.75, 3.05) is 17.2 Å². The Hall–Kier alpha value is -2.88. The van der Waals surface area contributed by atoms with Crippen LogP contribution in [-0.4, -0.2) is 16.5 Å². The van der Waals surface area contributed by atoms with Gasteiger partial charge >= 0.3 is 0 Å². The second-order valence-corrected chi connectivity index (χ2v) is 6.48. The van der Waals surface area contributed by atoms with Gasteiger partial charge in [-0.05, 0) is 43.4 Å². The Balaban J connectivity index is 1.53. The molecule has 1 heterocycles. The molecule has 0 saturated heterocycles. The molecule has 0 saturated carbocycles. The fourth-order valence-electron chi connectivity index (χ4n) is 2.90. The van der Waals surface area contributed by atoms with Gasteiger partial charge in [-0.25, -0.2) is 9.97 Å². The lowest BCUT2D eigenvalue weighted by Gasteiger charge is -2.11. The molecule has 134 valence electrons. The summed E-state index contributed by atoms with van der Waals surface area (Å²) in [4.78, 5) is 8.98. The van der Waals surface area contributed by atoms with Gasteiger partial charge in [-0.3, -0.25) is 0 Å². The molecule has 0 unspecified atom stereocenters. The van der Waals surface area contributed by atoms with E-state index in [0.29, 0.717) is 0 Å². The summed E-state index contributed by atoms with van der Waals surface area (Å²) in [6, 6.07) is 20.9. The van der Waals surface area contributed by atoms with Crippen molar-refractivity contribution in [3.63, 3.8) is 0 Å². The number of nitrogens with one attached hydrogen (secondary N) is 2. The van der Waals surface area contributed by atoms with E-state index in [-0.39, 0.29) is 0 Å². The van der Waals surface area contributed by atoms with Gasteiger partial charge in [0.05, 0.1) is 0 Å². The van der Waals surface area contributed by atoms with Crippen molar-refractivity contribution in [3.8, 4) is 0 Å². The van der Waals surface area contributed by atoms with E-state index in [4.69, 9.17) is 0 Å². The van der Waals surface area contributed by atoms with Gasteiger partial charge in [0.25, 0.3) is 0 Å². The first-order chi connectivity index (χ1) is 12.7. The minimum Gasteiger partial charge on any atom is -0.370 e. The van der Waals surface area contributed by atoms with Crippen LogP contribution in [0, 0.1) is 13.8 Å². The van der Waals surface area contributed by atoms with Gasteiger partial charge in [-0.15, -0.1) is 0 Å².